The topological polar surface area (TPSA) is 62.2 Å². The van der Waals surface area contributed by atoms with Crippen LogP contribution in [-0.2, 0) is 4.79 Å². The van der Waals surface area contributed by atoms with Gasteiger partial charge in [-0.25, -0.2) is 4.79 Å². The second-order valence-electron chi connectivity index (χ2n) is 5.35. The van der Waals surface area contributed by atoms with Gasteiger partial charge in [0, 0.05) is 22.3 Å². The summed E-state index contributed by atoms with van der Waals surface area (Å²) in [6.45, 7) is 1.94. The van der Waals surface area contributed by atoms with Crippen LogP contribution in [0.15, 0.2) is 54.7 Å². The van der Waals surface area contributed by atoms with Gasteiger partial charge in [-0.3, -0.25) is 4.98 Å². The van der Waals surface area contributed by atoms with Crippen LogP contribution >= 0.6 is 11.6 Å². The Labute approximate surface area is 138 Å². The Kier molecular flexibility index (Phi) is 4.17. The maximum Gasteiger partial charge on any atom is 0.330 e. The molecule has 2 N–H and O–H groups in total. The molecule has 0 aliphatic carbocycles. The minimum Gasteiger partial charge on any atom is -0.479 e. The Bertz CT molecular complexity index is 880. The molecule has 0 aliphatic rings. The maximum atomic E-state index is 11.7. The number of carboxylic acid groups (broad SMARTS) is 1. The predicted octanol–water partition coefficient (Wildman–Crippen LogP) is 4.43. The fraction of sp³-hybridized carbons (Fsp3) is 0.111. The van der Waals surface area contributed by atoms with E-state index >= 15 is 0 Å². The summed E-state index contributed by atoms with van der Waals surface area (Å²) in [6, 6.07) is 13.7. The third-order valence-electron chi connectivity index (χ3n) is 3.63. The molecule has 0 fully saturated rings. The molecule has 116 valence electrons. The summed E-state index contributed by atoms with van der Waals surface area (Å²) in [5, 5.41) is 14.1. The SMILES string of the molecule is Cc1cccc(C(Nc2ccnc3cc(Cl)ccc23)C(=O)O)c1. The van der Waals surface area contributed by atoms with Crippen molar-refractivity contribution in [3.8, 4) is 0 Å². The van der Waals surface area contributed by atoms with Crippen LogP contribution in [0.25, 0.3) is 10.9 Å². The van der Waals surface area contributed by atoms with Crippen LogP contribution in [0.1, 0.15) is 17.2 Å². The third-order valence-corrected chi connectivity index (χ3v) is 3.86. The van der Waals surface area contributed by atoms with Crippen LogP contribution in [-0.4, -0.2) is 16.1 Å². The molecule has 0 spiro atoms. The Morgan fingerprint density at radius 1 is 1.22 bits per heavy atom. The molecule has 23 heavy (non-hydrogen) atoms. The van der Waals surface area contributed by atoms with Crippen molar-refractivity contribution >= 4 is 34.2 Å². The van der Waals surface area contributed by atoms with E-state index in [9.17, 15) is 9.90 Å². The fourth-order valence-electron chi connectivity index (χ4n) is 2.54. The number of aliphatic carboxylic acids is 1. The molecular weight excluding hydrogens is 312 g/mol. The van der Waals surface area contributed by atoms with Crippen LogP contribution in [0.4, 0.5) is 5.69 Å². The smallest absolute Gasteiger partial charge is 0.330 e. The summed E-state index contributed by atoms with van der Waals surface area (Å²) < 4.78 is 0. The highest BCUT2D eigenvalue weighted by Gasteiger charge is 2.20. The first kappa shape index (κ1) is 15.3. The number of nitrogens with zero attached hydrogens (tertiary/aromatic N) is 1. The average Bonchev–Trinajstić information content (AvgIpc) is 2.52. The number of pyridine rings is 1. The number of aryl methyl sites for hydroxylation is 1. The lowest BCUT2D eigenvalue weighted by Crippen LogP contribution is -2.20. The lowest BCUT2D eigenvalue weighted by molar-refractivity contribution is -0.138. The number of nitrogens with one attached hydrogen (secondary N) is 1. The van der Waals surface area contributed by atoms with Gasteiger partial charge in [-0.05, 0) is 36.8 Å². The quantitative estimate of drug-likeness (QED) is 0.744. The van der Waals surface area contributed by atoms with Crippen molar-refractivity contribution in [1.29, 1.82) is 0 Å². The van der Waals surface area contributed by atoms with Crippen molar-refractivity contribution in [3.63, 3.8) is 0 Å². The molecule has 1 heterocycles. The van der Waals surface area contributed by atoms with Crippen LogP contribution in [0, 0.1) is 6.92 Å². The molecule has 1 unspecified atom stereocenters. The van der Waals surface area contributed by atoms with Crippen LogP contribution in [0.5, 0.6) is 0 Å². The van der Waals surface area contributed by atoms with Crippen molar-refractivity contribution in [2.24, 2.45) is 0 Å². The number of hydrogen-bond donors (Lipinski definition) is 2. The van der Waals surface area contributed by atoms with E-state index < -0.39 is 12.0 Å². The number of carboxylic acids is 1. The second-order valence-corrected chi connectivity index (χ2v) is 5.79. The summed E-state index contributed by atoms with van der Waals surface area (Å²) >= 11 is 5.99. The summed E-state index contributed by atoms with van der Waals surface area (Å²) in [7, 11) is 0. The van der Waals surface area contributed by atoms with E-state index in [2.05, 4.69) is 10.3 Å². The largest absolute Gasteiger partial charge is 0.479 e. The molecule has 4 nitrogen and oxygen atoms in total. The minimum absolute atomic E-state index is 0.593. The van der Waals surface area contributed by atoms with Gasteiger partial charge in [-0.2, -0.15) is 0 Å². The fourth-order valence-corrected chi connectivity index (χ4v) is 2.71. The summed E-state index contributed by atoms with van der Waals surface area (Å²) in [5.41, 5.74) is 3.15. The molecule has 0 saturated heterocycles. The zero-order valence-electron chi connectivity index (χ0n) is 12.5. The summed E-state index contributed by atoms with van der Waals surface area (Å²) in [5.74, 6) is -0.936. The first-order valence-electron chi connectivity index (χ1n) is 7.15. The normalized spacial score (nSPS) is 12.1. The first-order chi connectivity index (χ1) is 11.0. The van der Waals surface area contributed by atoms with Crippen molar-refractivity contribution in [2.75, 3.05) is 5.32 Å². The molecule has 2 aromatic carbocycles. The van der Waals surface area contributed by atoms with Gasteiger partial charge in [0.05, 0.1) is 5.52 Å². The van der Waals surface area contributed by atoms with E-state index in [0.717, 1.165) is 16.5 Å². The van der Waals surface area contributed by atoms with E-state index in [1.165, 1.54) is 0 Å². The van der Waals surface area contributed by atoms with Gasteiger partial charge in [0.1, 0.15) is 0 Å². The predicted molar refractivity (Wildman–Crippen MR) is 91.9 cm³/mol. The maximum absolute atomic E-state index is 11.7. The highest BCUT2D eigenvalue weighted by atomic mass is 35.5. The molecule has 0 aliphatic heterocycles. The molecule has 1 atom stereocenters. The molecule has 5 heteroatoms. The van der Waals surface area contributed by atoms with Gasteiger partial charge in [-0.15, -0.1) is 0 Å². The van der Waals surface area contributed by atoms with E-state index in [1.54, 1.807) is 30.5 Å². The number of halogens is 1. The Morgan fingerprint density at radius 3 is 2.78 bits per heavy atom. The number of benzene rings is 2. The zero-order valence-corrected chi connectivity index (χ0v) is 13.2. The number of carbonyl (C=O) groups is 1. The Hall–Kier alpha value is -2.59. The number of aromatic nitrogens is 1. The minimum atomic E-state index is -0.936. The molecule has 3 aromatic rings. The zero-order chi connectivity index (χ0) is 16.4. The van der Waals surface area contributed by atoms with Crippen LogP contribution < -0.4 is 5.32 Å². The molecule has 0 saturated carbocycles. The molecular formula is C18H15ClN2O2. The van der Waals surface area contributed by atoms with Gasteiger partial charge < -0.3 is 10.4 Å². The molecule has 3 rings (SSSR count). The standard InChI is InChI=1S/C18H15ClN2O2/c1-11-3-2-4-12(9-11)17(18(22)23)21-15-7-8-20-16-10-13(19)5-6-14(15)16/h2-10,17H,1H3,(H,20,21)(H,22,23). The highest BCUT2D eigenvalue weighted by Crippen LogP contribution is 2.28. The van der Waals surface area contributed by atoms with Crippen molar-refractivity contribution < 1.29 is 9.90 Å². The highest BCUT2D eigenvalue weighted by molar-refractivity contribution is 6.31. The second kappa shape index (κ2) is 6.26. The lowest BCUT2D eigenvalue weighted by atomic mass is 10.0. The van der Waals surface area contributed by atoms with E-state index in [1.807, 2.05) is 31.2 Å². The van der Waals surface area contributed by atoms with Crippen molar-refractivity contribution in [3.05, 3.63) is 70.9 Å². The van der Waals surface area contributed by atoms with Crippen molar-refractivity contribution in [1.82, 2.24) is 4.98 Å². The van der Waals surface area contributed by atoms with Gasteiger partial charge in [-0.1, -0.05) is 41.4 Å². The summed E-state index contributed by atoms with van der Waals surface area (Å²) in [4.78, 5) is 16.0. The monoisotopic (exact) mass is 326 g/mol. The van der Waals surface area contributed by atoms with Gasteiger partial charge in [0.25, 0.3) is 0 Å². The number of rotatable bonds is 4. The third kappa shape index (κ3) is 3.27. The first-order valence-corrected chi connectivity index (χ1v) is 7.52. The number of anilines is 1. The molecule has 0 radical (unpaired) electrons. The van der Waals surface area contributed by atoms with E-state index in [-0.39, 0.29) is 0 Å². The van der Waals surface area contributed by atoms with Gasteiger partial charge in [0.15, 0.2) is 6.04 Å². The summed E-state index contributed by atoms with van der Waals surface area (Å²) in [6.07, 6.45) is 1.64. The Morgan fingerprint density at radius 2 is 2.04 bits per heavy atom. The molecule has 1 aromatic heterocycles. The van der Waals surface area contributed by atoms with E-state index in [0.29, 0.717) is 16.3 Å². The van der Waals surface area contributed by atoms with Crippen molar-refractivity contribution in [2.45, 2.75) is 13.0 Å². The average molecular weight is 327 g/mol. The Balaban J connectivity index is 2.03. The van der Waals surface area contributed by atoms with Crippen LogP contribution in [0.3, 0.4) is 0 Å². The van der Waals surface area contributed by atoms with Crippen LogP contribution in [0.2, 0.25) is 5.02 Å². The molecule has 0 amide bonds. The number of fused-ring (bicyclic) bond motifs is 1. The van der Waals surface area contributed by atoms with Gasteiger partial charge >= 0.3 is 5.97 Å². The van der Waals surface area contributed by atoms with E-state index in [4.69, 9.17) is 11.6 Å². The number of hydrogen-bond acceptors (Lipinski definition) is 3. The van der Waals surface area contributed by atoms with Gasteiger partial charge in [0.2, 0.25) is 0 Å². The molecule has 0 bridgehead atoms. The lowest BCUT2D eigenvalue weighted by Gasteiger charge is -2.18.